The quantitative estimate of drug-likeness (QED) is 0.668. The summed E-state index contributed by atoms with van der Waals surface area (Å²) in [5.74, 6) is 0.156. The summed E-state index contributed by atoms with van der Waals surface area (Å²) < 4.78 is 13.4. The van der Waals surface area contributed by atoms with E-state index in [4.69, 9.17) is 4.99 Å². The molecule has 3 aliphatic rings. The fraction of sp³-hybridized carbons (Fsp3) is 0.385. The van der Waals surface area contributed by atoms with Crippen LogP contribution in [0.2, 0.25) is 0 Å². The normalized spacial score (nSPS) is 35.3. The predicted molar refractivity (Wildman–Crippen MR) is 128 cm³/mol. The van der Waals surface area contributed by atoms with Crippen LogP contribution >= 0.6 is 0 Å². The first kappa shape index (κ1) is 21.8. The Kier molecular flexibility index (Phi) is 5.34. The molecule has 6 nitrogen and oxygen atoms in total. The second kappa shape index (κ2) is 8.08. The number of benzene rings is 2. The number of nitrogens with one attached hydrogen (secondary N) is 1. The average Bonchev–Trinajstić information content (AvgIpc) is 3.30. The number of amidine groups is 1. The van der Waals surface area contributed by atoms with Crippen molar-refractivity contribution in [1.82, 2.24) is 4.90 Å². The molecule has 0 bridgehead atoms. The van der Waals surface area contributed by atoms with Gasteiger partial charge in [-0.1, -0.05) is 44.2 Å². The number of rotatable bonds is 3. The predicted octanol–water partition coefficient (Wildman–Crippen LogP) is 3.74. The third kappa shape index (κ3) is 3.38. The summed E-state index contributed by atoms with van der Waals surface area (Å²) in [5, 5.41) is 25.2. The summed E-state index contributed by atoms with van der Waals surface area (Å²) >= 11 is 0. The van der Waals surface area contributed by atoms with Gasteiger partial charge in [-0.05, 0) is 54.2 Å². The summed E-state index contributed by atoms with van der Waals surface area (Å²) in [5.41, 5.74) is 2.09. The lowest BCUT2D eigenvalue weighted by Gasteiger charge is -2.46. The number of aliphatic hydroxyl groups is 2. The van der Waals surface area contributed by atoms with E-state index in [0.29, 0.717) is 5.84 Å². The Morgan fingerprint density at radius 3 is 2.36 bits per heavy atom. The summed E-state index contributed by atoms with van der Waals surface area (Å²) in [6.45, 7) is 6.06. The molecule has 1 saturated carbocycles. The van der Waals surface area contributed by atoms with Gasteiger partial charge in [0.2, 0.25) is 0 Å². The molecule has 172 valence electrons. The standard InChI is InChI=1S/C26H29FN4O2/c1-15-16(2)26(3,23(33)22(15)32)31-13-20(17-7-5-4-6-8-17)21-24(28-14-29-25(21)31)30-19-11-9-18(27)10-12-19/h4-16,21-23,25,32-33H,1-3H3,(H,28,29,30)/t15-,16-,21?,22?,23?,25?,26+/m0/s1. The number of hydrogen-bond donors (Lipinski definition) is 3. The molecule has 1 fully saturated rings. The molecule has 2 aromatic carbocycles. The van der Waals surface area contributed by atoms with E-state index >= 15 is 0 Å². The van der Waals surface area contributed by atoms with Crippen LogP contribution in [0.4, 0.5) is 10.1 Å². The van der Waals surface area contributed by atoms with Crippen LogP contribution in [0.15, 0.2) is 70.8 Å². The van der Waals surface area contributed by atoms with Gasteiger partial charge in [0.05, 0.1) is 17.6 Å². The lowest BCUT2D eigenvalue weighted by molar-refractivity contribution is -0.0501. The molecule has 0 spiro atoms. The zero-order chi connectivity index (χ0) is 23.3. The Bertz CT molecular complexity index is 1100. The van der Waals surface area contributed by atoms with Crippen molar-refractivity contribution in [3.8, 4) is 0 Å². The molecule has 2 heterocycles. The SMILES string of the molecule is C[C@@H]1C(O)C(O)[C@](C)(N2C=C(c3ccccc3)C3C(Nc4ccc(F)cc4)=NC=NC32)[C@H]1C. The van der Waals surface area contributed by atoms with E-state index in [-0.39, 0.29) is 29.7 Å². The number of fused-ring (bicyclic) bond motifs is 1. The maximum absolute atomic E-state index is 13.4. The fourth-order valence-electron chi connectivity index (χ4n) is 5.54. The van der Waals surface area contributed by atoms with E-state index in [1.165, 1.54) is 18.5 Å². The van der Waals surface area contributed by atoms with Crippen molar-refractivity contribution < 1.29 is 14.6 Å². The molecule has 7 atom stereocenters. The lowest BCUT2D eigenvalue weighted by Crippen LogP contribution is -2.58. The third-order valence-corrected chi connectivity index (χ3v) is 7.86. The third-order valence-electron chi connectivity index (χ3n) is 7.86. The van der Waals surface area contributed by atoms with Gasteiger partial charge in [0.25, 0.3) is 0 Å². The van der Waals surface area contributed by atoms with Crippen molar-refractivity contribution in [3.05, 3.63) is 72.2 Å². The first-order chi connectivity index (χ1) is 15.8. The van der Waals surface area contributed by atoms with Crippen molar-refractivity contribution in [2.24, 2.45) is 27.7 Å². The molecule has 33 heavy (non-hydrogen) atoms. The van der Waals surface area contributed by atoms with Crippen LogP contribution in [0.5, 0.6) is 0 Å². The minimum atomic E-state index is -0.919. The number of aliphatic imine (C=N–C) groups is 2. The van der Waals surface area contributed by atoms with Crippen molar-refractivity contribution in [2.45, 2.75) is 44.7 Å². The van der Waals surface area contributed by atoms with Gasteiger partial charge in [-0.25, -0.2) is 14.4 Å². The number of hydrogen-bond acceptors (Lipinski definition) is 6. The molecule has 2 aliphatic heterocycles. The molecule has 0 aromatic heterocycles. The Balaban J connectivity index is 1.57. The zero-order valence-electron chi connectivity index (χ0n) is 18.9. The zero-order valence-corrected chi connectivity index (χ0v) is 18.9. The minimum absolute atomic E-state index is 0.0251. The molecule has 0 amide bonds. The maximum atomic E-state index is 13.4. The molecule has 5 rings (SSSR count). The molecule has 0 saturated heterocycles. The Labute approximate surface area is 193 Å². The van der Waals surface area contributed by atoms with E-state index in [1.807, 2.05) is 32.0 Å². The van der Waals surface area contributed by atoms with Crippen LogP contribution in [-0.2, 0) is 0 Å². The smallest absolute Gasteiger partial charge is 0.137 e. The van der Waals surface area contributed by atoms with Gasteiger partial charge in [-0.2, -0.15) is 0 Å². The van der Waals surface area contributed by atoms with Crippen molar-refractivity contribution in [2.75, 3.05) is 5.32 Å². The van der Waals surface area contributed by atoms with Gasteiger partial charge in [-0.15, -0.1) is 0 Å². The first-order valence-electron chi connectivity index (χ1n) is 11.4. The molecule has 2 aromatic rings. The molecule has 1 aliphatic carbocycles. The second-order valence-electron chi connectivity index (χ2n) is 9.47. The van der Waals surface area contributed by atoms with E-state index in [9.17, 15) is 14.6 Å². The molecule has 0 radical (unpaired) electrons. The Morgan fingerprint density at radius 1 is 1.03 bits per heavy atom. The van der Waals surface area contributed by atoms with Gasteiger partial charge < -0.3 is 20.4 Å². The monoisotopic (exact) mass is 448 g/mol. The second-order valence-corrected chi connectivity index (χ2v) is 9.47. The topological polar surface area (TPSA) is 80.5 Å². The van der Waals surface area contributed by atoms with Crippen LogP contribution in [0.1, 0.15) is 26.3 Å². The van der Waals surface area contributed by atoms with Gasteiger partial charge in [0, 0.05) is 11.9 Å². The minimum Gasteiger partial charge on any atom is -0.390 e. The molecular formula is C26H29FN4O2. The van der Waals surface area contributed by atoms with Crippen LogP contribution in [0.25, 0.3) is 5.57 Å². The summed E-state index contributed by atoms with van der Waals surface area (Å²) in [6, 6.07) is 16.2. The molecular weight excluding hydrogens is 419 g/mol. The summed E-state index contributed by atoms with van der Waals surface area (Å²) in [6.07, 6.45) is 1.55. The first-order valence-corrected chi connectivity index (χ1v) is 11.4. The van der Waals surface area contributed by atoms with Crippen LogP contribution in [0.3, 0.4) is 0 Å². The van der Waals surface area contributed by atoms with Crippen LogP contribution in [0, 0.1) is 23.6 Å². The maximum Gasteiger partial charge on any atom is 0.137 e. The summed E-state index contributed by atoms with van der Waals surface area (Å²) in [4.78, 5) is 11.4. The number of anilines is 1. The van der Waals surface area contributed by atoms with Crippen molar-refractivity contribution >= 4 is 23.4 Å². The number of aliphatic hydroxyl groups excluding tert-OH is 2. The highest BCUT2D eigenvalue weighted by Gasteiger charge is 2.60. The van der Waals surface area contributed by atoms with E-state index in [2.05, 4.69) is 40.5 Å². The Morgan fingerprint density at radius 2 is 1.73 bits per heavy atom. The molecule has 4 unspecified atom stereocenters. The highest BCUT2D eigenvalue weighted by molar-refractivity contribution is 6.09. The van der Waals surface area contributed by atoms with Gasteiger partial charge in [-0.3, -0.25) is 0 Å². The largest absolute Gasteiger partial charge is 0.390 e. The van der Waals surface area contributed by atoms with Crippen molar-refractivity contribution in [1.29, 1.82) is 0 Å². The van der Waals surface area contributed by atoms with Gasteiger partial charge in [0.1, 0.15) is 30.3 Å². The highest BCUT2D eigenvalue weighted by Crippen LogP contribution is 2.50. The van der Waals surface area contributed by atoms with E-state index < -0.39 is 17.7 Å². The van der Waals surface area contributed by atoms with Crippen LogP contribution in [-0.4, -0.2) is 51.2 Å². The summed E-state index contributed by atoms with van der Waals surface area (Å²) in [7, 11) is 0. The van der Waals surface area contributed by atoms with Gasteiger partial charge >= 0.3 is 0 Å². The lowest BCUT2D eigenvalue weighted by atomic mass is 9.83. The fourth-order valence-corrected chi connectivity index (χ4v) is 5.54. The Hall–Kier alpha value is -3.03. The molecule has 7 heteroatoms. The number of halogens is 1. The van der Waals surface area contributed by atoms with E-state index in [0.717, 1.165) is 16.8 Å². The van der Waals surface area contributed by atoms with E-state index in [1.54, 1.807) is 12.1 Å². The van der Waals surface area contributed by atoms with Crippen LogP contribution < -0.4 is 5.32 Å². The molecule has 3 N–H and O–H groups in total. The van der Waals surface area contributed by atoms with Gasteiger partial charge in [0.15, 0.2) is 0 Å². The highest BCUT2D eigenvalue weighted by atomic mass is 19.1. The van der Waals surface area contributed by atoms with Crippen molar-refractivity contribution in [3.63, 3.8) is 0 Å². The number of nitrogens with zero attached hydrogens (tertiary/aromatic N) is 3. The average molecular weight is 449 g/mol.